The Balaban J connectivity index is 1.50. The van der Waals surface area contributed by atoms with Gasteiger partial charge in [-0.2, -0.15) is 0 Å². The second kappa shape index (κ2) is 6.14. The number of benzene rings is 3. The van der Waals surface area contributed by atoms with E-state index in [0.29, 0.717) is 5.69 Å². The minimum Gasteiger partial charge on any atom is -0.459 e. The number of amides is 1. The Morgan fingerprint density at radius 1 is 0.926 bits per heavy atom. The Morgan fingerprint density at radius 3 is 2.59 bits per heavy atom. The van der Waals surface area contributed by atoms with Crippen molar-refractivity contribution in [2.24, 2.45) is 0 Å². The molecule has 5 aromatic rings. The first-order valence-electron chi connectivity index (χ1n) is 8.60. The fourth-order valence-electron chi connectivity index (χ4n) is 3.18. The summed E-state index contributed by atoms with van der Waals surface area (Å²) in [5, 5.41) is 5.16. The van der Waals surface area contributed by atoms with Crippen molar-refractivity contribution >= 4 is 33.4 Å². The van der Waals surface area contributed by atoms with Gasteiger partial charge in [0.2, 0.25) is 0 Å². The highest BCUT2D eigenvalue weighted by Gasteiger charge is 2.11. The van der Waals surface area contributed by atoms with E-state index in [1.807, 2.05) is 36.4 Å². The number of hydrogen-bond donors (Lipinski definition) is 2. The molecule has 5 heteroatoms. The van der Waals surface area contributed by atoms with Crippen molar-refractivity contribution in [2.75, 3.05) is 5.32 Å². The monoisotopic (exact) mass is 353 g/mol. The summed E-state index contributed by atoms with van der Waals surface area (Å²) in [4.78, 5) is 20.3. The molecule has 0 unspecified atom stereocenters. The van der Waals surface area contributed by atoms with Crippen molar-refractivity contribution < 1.29 is 9.21 Å². The molecule has 130 valence electrons. The highest BCUT2D eigenvalue weighted by atomic mass is 16.3. The molecule has 1 amide bonds. The van der Waals surface area contributed by atoms with E-state index in [1.165, 1.54) is 11.6 Å². The summed E-state index contributed by atoms with van der Waals surface area (Å²) in [5.74, 6) is 0.748. The average molecular weight is 353 g/mol. The molecule has 0 saturated carbocycles. The maximum Gasteiger partial charge on any atom is 0.291 e. The minimum atomic E-state index is -0.284. The van der Waals surface area contributed by atoms with E-state index >= 15 is 0 Å². The smallest absolute Gasteiger partial charge is 0.291 e. The van der Waals surface area contributed by atoms with Crippen LogP contribution in [0.2, 0.25) is 0 Å². The zero-order valence-corrected chi connectivity index (χ0v) is 14.3. The van der Waals surface area contributed by atoms with Crippen LogP contribution in [0.4, 0.5) is 5.69 Å². The lowest BCUT2D eigenvalue weighted by Gasteiger charge is -2.04. The normalized spacial score (nSPS) is 11.1. The van der Waals surface area contributed by atoms with E-state index in [4.69, 9.17) is 9.40 Å². The molecule has 0 aliphatic rings. The Bertz CT molecular complexity index is 1220. The van der Waals surface area contributed by atoms with Crippen LogP contribution in [0, 0.1) is 0 Å². The van der Waals surface area contributed by atoms with Crippen LogP contribution in [0.1, 0.15) is 10.6 Å². The van der Waals surface area contributed by atoms with Gasteiger partial charge in [0.25, 0.3) is 5.91 Å². The van der Waals surface area contributed by atoms with Crippen molar-refractivity contribution in [3.05, 3.63) is 84.8 Å². The number of rotatable bonds is 3. The fraction of sp³-hybridized carbons (Fsp3) is 0. The lowest BCUT2D eigenvalue weighted by molar-refractivity contribution is 0.0996. The number of fused-ring (bicyclic) bond motifs is 2. The summed E-state index contributed by atoms with van der Waals surface area (Å²) in [6.45, 7) is 0. The molecular weight excluding hydrogens is 338 g/mol. The van der Waals surface area contributed by atoms with Crippen molar-refractivity contribution in [3.8, 4) is 11.4 Å². The van der Waals surface area contributed by atoms with Gasteiger partial charge in [-0.05, 0) is 47.2 Å². The van der Waals surface area contributed by atoms with Crippen LogP contribution in [0.3, 0.4) is 0 Å². The number of hydrogen-bond acceptors (Lipinski definition) is 3. The number of aromatic amines is 1. The lowest BCUT2D eigenvalue weighted by atomic mass is 10.1. The van der Waals surface area contributed by atoms with Crippen LogP contribution in [0.5, 0.6) is 0 Å². The number of imidazole rings is 1. The first-order chi connectivity index (χ1) is 13.3. The molecule has 0 fully saturated rings. The number of nitrogens with one attached hydrogen (secondary N) is 2. The molecule has 0 radical (unpaired) electrons. The molecule has 0 spiro atoms. The molecular formula is C22H15N3O2. The predicted molar refractivity (Wildman–Crippen MR) is 106 cm³/mol. The molecule has 2 heterocycles. The summed E-state index contributed by atoms with van der Waals surface area (Å²) in [7, 11) is 0. The average Bonchev–Trinajstić information content (AvgIpc) is 3.36. The van der Waals surface area contributed by atoms with Crippen molar-refractivity contribution in [2.45, 2.75) is 0 Å². The van der Waals surface area contributed by atoms with Crippen molar-refractivity contribution in [1.29, 1.82) is 0 Å². The van der Waals surface area contributed by atoms with Gasteiger partial charge in [-0.15, -0.1) is 0 Å². The fourth-order valence-corrected chi connectivity index (χ4v) is 3.18. The Morgan fingerprint density at radius 2 is 1.78 bits per heavy atom. The zero-order chi connectivity index (χ0) is 18.2. The van der Waals surface area contributed by atoms with Crippen LogP contribution in [-0.2, 0) is 0 Å². The van der Waals surface area contributed by atoms with E-state index in [0.717, 1.165) is 27.8 Å². The number of nitrogens with zero attached hydrogens (tertiary/aromatic N) is 1. The zero-order valence-electron chi connectivity index (χ0n) is 14.3. The van der Waals surface area contributed by atoms with Gasteiger partial charge in [-0.25, -0.2) is 4.98 Å². The van der Waals surface area contributed by atoms with Gasteiger partial charge in [0.05, 0.1) is 17.3 Å². The molecule has 2 N–H and O–H groups in total. The third kappa shape index (κ3) is 2.85. The Labute approximate surface area is 154 Å². The molecule has 0 aliphatic carbocycles. The lowest BCUT2D eigenvalue weighted by Crippen LogP contribution is -2.10. The first kappa shape index (κ1) is 15.4. The summed E-state index contributed by atoms with van der Waals surface area (Å²) in [6, 6.07) is 23.3. The van der Waals surface area contributed by atoms with E-state index < -0.39 is 0 Å². The molecule has 2 aromatic heterocycles. The Hall–Kier alpha value is -3.86. The second-order valence-electron chi connectivity index (χ2n) is 6.31. The number of carbonyl (C=O) groups is 1. The van der Waals surface area contributed by atoms with E-state index in [9.17, 15) is 4.79 Å². The highest BCUT2D eigenvalue weighted by molar-refractivity contribution is 6.02. The van der Waals surface area contributed by atoms with Gasteiger partial charge in [0.15, 0.2) is 5.76 Å². The van der Waals surface area contributed by atoms with E-state index in [1.54, 1.807) is 12.1 Å². The summed E-state index contributed by atoms with van der Waals surface area (Å²) in [6.07, 6.45) is 1.48. The third-order valence-corrected chi connectivity index (χ3v) is 4.49. The van der Waals surface area contributed by atoms with Gasteiger partial charge < -0.3 is 14.7 Å². The summed E-state index contributed by atoms with van der Waals surface area (Å²) in [5.41, 5.74) is 3.47. The predicted octanol–water partition coefficient (Wildman–Crippen LogP) is 5.23. The van der Waals surface area contributed by atoms with Crippen molar-refractivity contribution in [3.63, 3.8) is 0 Å². The summed E-state index contributed by atoms with van der Waals surface area (Å²) >= 11 is 0. The van der Waals surface area contributed by atoms with E-state index in [-0.39, 0.29) is 11.7 Å². The van der Waals surface area contributed by atoms with Crippen molar-refractivity contribution in [1.82, 2.24) is 9.97 Å². The van der Waals surface area contributed by atoms with Gasteiger partial charge in [0.1, 0.15) is 5.82 Å². The molecule has 27 heavy (non-hydrogen) atoms. The van der Waals surface area contributed by atoms with E-state index in [2.05, 4.69) is 34.6 Å². The molecule has 0 bridgehead atoms. The maximum absolute atomic E-state index is 12.2. The van der Waals surface area contributed by atoms with Crippen LogP contribution in [0.15, 0.2) is 83.5 Å². The first-order valence-corrected chi connectivity index (χ1v) is 8.60. The largest absolute Gasteiger partial charge is 0.459 e. The molecule has 0 saturated heterocycles. The standard InChI is InChI=1S/C22H15N3O2/c26-22(20-9-4-10-27-20)23-17-8-3-7-16(11-17)21-24-18-12-14-5-1-2-6-15(14)13-19(18)25-21/h1-13H,(H,23,26)(H,24,25). The number of furan rings is 1. The summed E-state index contributed by atoms with van der Waals surface area (Å²) < 4.78 is 5.13. The number of aromatic nitrogens is 2. The third-order valence-electron chi connectivity index (χ3n) is 4.49. The van der Waals surface area contributed by atoms with Gasteiger partial charge in [0, 0.05) is 11.3 Å². The maximum atomic E-state index is 12.2. The molecule has 5 nitrogen and oxygen atoms in total. The minimum absolute atomic E-state index is 0.274. The van der Waals surface area contributed by atoms with Gasteiger partial charge >= 0.3 is 0 Å². The quantitative estimate of drug-likeness (QED) is 0.467. The highest BCUT2D eigenvalue weighted by Crippen LogP contribution is 2.26. The second-order valence-corrected chi connectivity index (χ2v) is 6.31. The molecule has 3 aromatic carbocycles. The van der Waals surface area contributed by atoms with Crippen LogP contribution in [-0.4, -0.2) is 15.9 Å². The van der Waals surface area contributed by atoms with Crippen LogP contribution < -0.4 is 5.32 Å². The van der Waals surface area contributed by atoms with Gasteiger partial charge in [-0.3, -0.25) is 4.79 Å². The van der Waals surface area contributed by atoms with Crippen LogP contribution >= 0.6 is 0 Å². The SMILES string of the molecule is O=C(Nc1cccc(-c2nc3cc4ccccc4cc3[nH]2)c1)c1ccco1. The molecule has 0 aliphatic heterocycles. The number of H-pyrrole nitrogens is 1. The molecule has 0 atom stereocenters. The number of anilines is 1. The van der Waals surface area contributed by atoms with Gasteiger partial charge in [-0.1, -0.05) is 36.4 Å². The Kier molecular flexibility index (Phi) is 3.50. The topological polar surface area (TPSA) is 70.9 Å². The van der Waals surface area contributed by atoms with Crippen LogP contribution in [0.25, 0.3) is 33.2 Å². The molecule has 5 rings (SSSR count). The number of carbonyl (C=O) groups excluding carboxylic acids is 1.